The molecule has 0 unspecified atom stereocenters. The number of esters is 1. The molecule has 0 radical (unpaired) electrons. The normalized spacial score (nSPS) is 11.5. The Balaban J connectivity index is 1.51. The Kier molecular flexibility index (Phi) is 3.69. The third kappa shape index (κ3) is 2.48. The van der Waals surface area contributed by atoms with Crippen molar-refractivity contribution in [3.8, 4) is 0 Å². The van der Waals surface area contributed by atoms with E-state index >= 15 is 0 Å². The van der Waals surface area contributed by atoms with Gasteiger partial charge in [0.15, 0.2) is 12.4 Å². The van der Waals surface area contributed by atoms with E-state index in [-0.39, 0.29) is 12.2 Å². The van der Waals surface area contributed by atoms with Crippen LogP contribution in [0.1, 0.15) is 16.2 Å². The average Bonchev–Trinajstić information content (AvgIpc) is 3.36. The zero-order valence-electron chi connectivity index (χ0n) is 14.7. The smallest absolute Gasteiger partial charge is 0.338 e. The van der Waals surface area contributed by atoms with E-state index < -0.39 is 5.97 Å². The van der Waals surface area contributed by atoms with E-state index in [0.29, 0.717) is 28.1 Å². The molecular formula is C19H13N5O3S. The quantitative estimate of drug-likeness (QED) is 0.439. The summed E-state index contributed by atoms with van der Waals surface area (Å²) < 4.78 is 9.54. The number of benzene rings is 2. The Hall–Kier alpha value is -3.59. The second-order valence-electron chi connectivity index (χ2n) is 6.24. The number of nitrogens with zero attached hydrogens (tertiary/aromatic N) is 5. The lowest BCUT2D eigenvalue weighted by Gasteiger charge is -2.08. The Morgan fingerprint density at radius 1 is 1.18 bits per heavy atom. The molecule has 0 aliphatic rings. The molecule has 138 valence electrons. The molecule has 0 saturated carbocycles. The minimum atomic E-state index is -0.457. The first-order chi connectivity index (χ1) is 13.6. The van der Waals surface area contributed by atoms with Crippen LogP contribution in [0.4, 0.5) is 0 Å². The SMILES string of the molecule is Cn1c(=O)c2ccccc2n2c(COC(=O)c3ccc4ncsc4c3)nnc12. The number of hydrogen-bond donors (Lipinski definition) is 0. The fraction of sp³-hybridized carbons (Fsp3) is 0.105. The zero-order chi connectivity index (χ0) is 19.3. The monoisotopic (exact) mass is 391 g/mol. The van der Waals surface area contributed by atoms with Gasteiger partial charge in [-0.1, -0.05) is 12.1 Å². The highest BCUT2D eigenvalue weighted by Gasteiger charge is 2.16. The molecule has 0 aliphatic heterocycles. The largest absolute Gasteiger partial charge is 0.454 e. The maximum Gasteiger partial charge on any atom is 0.338 e. The summed E-state index contributed by atoms with van der Waals surface area (Å²) in [6, 6.07) is 12.4. The zero-order valence-corrected chi connectivity index (χ0v) is 15.5. The van der Waals surface area contributed by atoms with Crippen molar-refractivity contribution in [2.75, 3.05) is 0 Å². The number of para-hydroxylation sites is 1. The van der Waals surface area contributed by atoms with Crippen molar-refractivity contribution < 1.29 is 9.53 Å². The molecular weight excluding hydrogens is 378 g/mol. The molecule has 0 fully saturated rings. The molecule has 3 heterocycles. The molecule has 0 saturated heterocycles. The molecule has 0 bridgehead atoms. The molecule has 0 aliphatic carbocycles. The lowest BCUT2D eigenvalue weighted by Crippen LogP contribution is -2.20. The van der Waals surface area contributed by atoms with Crippen molar-refractivity contribution in [1.82, 2.24) is 24.1 Å². The van der Waals surface area contributed by atoms with Crippen LogP contribution < -0.4 is 5.56 Å². The highest BCUT2D eigenvalue weighted by Crippen LogP contribution is 2.20. The molecule has 5 rings (SSSR count). The van der Waals surface area contributed by atoms with E-state index in [4.69, 9.17) is 4.74 Å². The third-order valence-corrected chi connectivity index (χ3v) is 5.38. The van der Waals surface area contributed by atoms with Crippen molar-refractivity contribution in [3.63, 3.8) is 0 Å². The third-order valence-electron chi connectivity index (χ3n) is 4.59. The van der Waals surface area contributed by atoms with Gasteiger partial charge in [-0.2, -0.15) is 0 Å². The fourth-order valence-corrected chi connectivity index (χ4v) is 3.90. The fourth-order valence-electron chi connectivity index (χ4n) is 3.18. The van der Waals surface area contributed by atoms with Gasteiger partial charge in [0, 0.05) is 7.05 Å². The van der Waals surface area contributed by atoms with Gasteiger partial charge in [-0.25, -0.2) is 9.78 Å². The molecule has 0 spiro atoms. The van der Waals surface area contributed by atoms with E-state index in [1.807, 2.05) is 12.1 Å². The number of aryl methyl sites for hydroxylation is 1. The van der Waals surface area contributed by atoms with E-state index in [2.05, 4.69) is 15.2 Å². The number of carbonyl (C=O) groups excluding carboxylic acids is 1. The topological polar surface area (TPSA) is 91.4 Å². The van der Waals surface area contributed by atoms with Gasteiger partial charge in [0.2, 0.25) is 5.78 Å². The number of fused-ring (bicyclic) bond motifs is 4. The van der Waals surface area contributed by atoms with Gasteiger partial charge in [0.05, 0.1) is 32.2 Å². The van der Waals surface area contributed by atoms with Gasteiger partial charge in [0.1, 0.15) is 0 Å². The van der Waals surface area contributed by atoms with E-state index in [0.717, 1.165) is 10.2 Å². The van der Waals surface area contributed by atoms with Crippen LogP contribution in [-0.2, 0) is 18.4 Å². The maximum atomic E-state index is 12.5. The van der Waals surface area contributed by atoms with Crippen molar-refractivity contribution in [1.29, 1.82) is 0 Å². The molecule has 0 N–H and O–H groups in total. The van der Waals surface area contributed by atoms with Gasteiger partial charge in [-0.3, -0.25) is 13.8 Å². The van der Waals surface area contributed by atoms with Crippen molar-refractivity contribution in [3.05, 3.63) is 69.7 Å². The van der Waals surface area contributed by atoms with E-state index in [1.165, 1.54) is 15.9 Å². The Labute approximate surface area is 161 Å². The van der Waals surface area contributed by atoms with Crippen LogP contribution in [0.2, 0.25) is 0 Å². The van der Waals surface area contributed by atoms with Crippen LogP contribution >= 0.6 is 11.3 Å². The second-order valence-corrected chi connectivity index (χ2v) is 7.13. The lowest BCUT2D eigenvalue weighted by atomic mass is 10.2. The lowest BCUT2D eigenvalue weighted by molar-refractivity contribution is 0.0461. The number of rotatable bonds is 3. The Morgan fingerprint density at radius 2 is 2.04 bits per heavy atom. The van der Waals surface area contributed by atoms with Gasteiger partial charge in [-0.15, -0.1) is 21.5 Å². The summed E-state index contributed by atoms with van der Waals surface area (Å²) in [5.41, 5.74) is 3.54. The highest BCUT2D eigenvalue weighted by atomic mass is 32.1. The predicted molar refractivity (Wildman–Crippen MR) is 104 cm³/mol. The van der Waals surface area contributed by atoms with Crippen LogP contribution in [0.3, 0.4) is 0 Å². The van der Waals surface area contributed by atoms with Crippen LogP contribution in [0, 0.1) is 0 Å². The summed E-state index contributed by atoms with van der Waals surface area (Å²) in [5.74, 6) is 0.371. The summed E-state index contributed by atoms with van der Waals surface area (Å²) in [5, 5.41) is 8.76. The number of ether oxygens (including phenoxy) is 1. The van der Waals surface area contributed by atoms with Crippen LogP contribution in [0.15, 0.2) is 52.8 Å². The van der Waals surface area contributed by atoms with Crippen molar-refractivity contribution in [2.45, 2.75) is 6.61 Å². The van der Waals surface area contributed by atoms with Gasteiger partial charge < -0.3 is 4.74 Å². The summed E-state index contributed by atoms with van der Waals surface area (Å²) in [4.78, 5) is 29.2. The first kappa shape index (κ1) is 16.6. The van der Waals surface area contributed by atoms with E-state index in [9.17, 15) is 9.59 Å². The molecule has 9 heteroatoms. The van der Waals surface area contributed by atoms with Crippen LogP contribution in [-0.4, -0.2) is 30.1 Å². The number of thiazole rings is 1. The number of hydrogen-bond acceptors (Lipinski definition) is 7. The van der Waals surface area contributed by atoms with Crippen LogP contribution in [0.25, 0.3) is 26.9 Å². The van der Waals surface area contributed by atoms with Crippen LogP contribution in [0.5, 0.6) is 0 Å². The summed E-state index contributed by atoms with van der Waals surface area (Å²) >= 11 is 1.46. The standard InChI is InChI=1S/C19H13N5O3S/c1-23-17(25)12-4-2-3-5-14(12)24-16(21-22-19(23)24)9-27-18(26)11-6-7-13-15(8-11)28-10-20-13/h2-8,10H,9H2,1H3. The van der Waals surface area contributed by atoms with Crippen molar-refractivity contribution in [2.24, 2.45) is 7.05 Å². The van der Waals surface area contributed by atoms with Gasteiger partial charge in [0.25, 0.3) is 5.56 Å². The predicted octanol–water partition coefficient (Wildman–Crippen LogP) is 2.55. The number of aromatic nitrogens is 5. The molecule has 5 aromatic rings. The summed E-state index contributed by atoms with van der Waals surface area (Å²) in [6.07, 6.45) is 0. The molecule has 2 aromatic carbocycles. The minimum absolute atomic E-state index is 0.0665. The molecule has 8 nitrogen and oxygen atoms in total. The summed E-state index contributed by atoms with van der Waals surface area (Å²) in [7, 11) is 1.64. The minimum Gasteiger partial charge on any atom is -0.454 e. The second kappa shape index (κ2) is 6.24. The van der Waals surface area contributed by atoms with Crippen molar-refractivity contribution >= 4 is 44.2 Å². The molecule has 3 aromatic heterocycles. The molecule has 28 heavy (non-hydrogen) atoms. The first-order valence-electron chi connectivity index (χ1n) is 8.45. The van der Waals surface area contributed by atoms with E-state index in [1.54, 1.807) is 47.3 Å². The maximum absolute atomic E-state index is 12.5. The van der Waals surface area contributed by atoms with Gasteiger partial charge in [-0.05, 0) is 30.3 Å². The summed E-state index contributed by atoms with van der Waals surface area (Å²) in [6.45, 7) is -0.0665. The molecule has 0 amide bonds. The Morgan fingerprint density at radius 3 is 2.93 bits per heavy atom. The average molecular weight is 391 g/mol. The van der Waals surface area contributed by atoms with Gasteiger partial charge >= 0.3 is 5.97 Å². The number of carbonyl (C=O) groups is 1. The highest BCUT2D eigenvalue weighted by molar-refractivity contribution is 7.16. The Bertz CT molecular complexity index is 1430. The molecule has 0 atom stereocenters. The first-order valence-corrected chi connectivity index (χ1v) is 9.33.